The van der Waals surface area contributed by atoms with Gasteiger partial charge in [-0.15, -0.1) is 0 Å². The van der Waals surface area contributed by atoms with E-state index in [1.807, 2.05) is 24.3 Å². The average Bonchev–Trinajstić information content (AvgIpc) is 2.42. The second kappa shape index (κ2) is 9.61. The molecule has 0 unspecified atom stereocenters. The van der Waals surface area contributed by atoms with Crippen LogP contribution in [0.2, 0.25) is 0 Å². The maximum absolute atomic E-state index is 5.71. The molecule has 0 aliphatic rings. The summed E-state index contributed by atoms with van der Waals surface area (Å²) in [6.07, 6.45) is 1.01. The minimum atomic E-state index is 0.671. The van der Waals surface area contributed by atoms with Crippen LogP contribution in [0.3, 0.4) is 0 Å². The molecule has 1 aromatic rings. The fourth-order valence-electron chi connectivity index (χ4n) is 2.07. The van der Waals surface area contributed by atoms with E-state index in [1.165, 1.54) is 0 Å². The molecule has 0 bridgehead atoms. The smallest absolute Gasteiger partial charge is 0.119 e. The number of anilines is 1. The second-order valence-electron chi connectivity index (χ2n) is 5.46. The number of hydrogen-bond acceptors (Lipinski definition) is 4. The van der Waals surface area contributed by atoms with E-state index in [4.69, 9.17) is 15.2 Å². The fraction of sp³-hybridized carbons (Fsp3) is 0.625. The van der Waals surface area contributed by atoms with Gasteiger partial charge in [0.25, 0.3) is 0 Å². The standard InChI is InChI=1S/C16H28N2O2/c1-14(2)13-18(10-12-19-3)9-4-11-20-16-7-5-15(17)6-8-16/h5-8,14H,4,9-13,17H2,1-3H3. The van der Waals surface area contributed by atoms with Gasteiger partial charge >= 0.3 is 0 Å². The van der Waals surface area contributed by atoms with E-state index in [0.717, 1.165) is 50.7 Å². The van der Waals surface area contributed by atoms with Crippen molar-refractivity contribution in [3.63, 3.8) is 0 Å². The normalized spacial score (nSPS) is 11.2. The average molecular weight is 280 g/mol. The molecular weight excluding hydrogens is 252 g/mol. The monoisotopic (exact) mass is 280 g/mol. The largest absolute Gasteiger partial charge is 0.494 e. The Kier molecular flexibility index (Phi) is 8.07. The van der Waals surface area contributed by atoms with Crippen molar-refractivity contribution in [3.8, 4) is 5.75 Å². The molecule has 1 rings (SSSR count). The third-order valence-corrected chi connectivity index (χ3v) is 3.00. The van der Waals surface area contributed by atoms with Crippen LogP contribution < -0.4 is 10.5 Å². The summed E-state index contributed by atoms with van der Waals surface area (Å²) in [6, 6.07) is 7.54. The van der Waals surface area contributed by atoms with Crippen molar-refractivity contribution in [1.82, 2.24) is 4.90 Å². The van der Waals surface area contributed by atoms with E-state index in [2.05, 4.69) is 18.7 Å². The van der Waals surface area contributed by atoms with Gasteiger partial charge in [-0.1, -0.05) is 13.8 Å². The van der Waals surface area contributed by atoms with Crippen LogP contribution in [-0.4, -0.2) is 44.9 Å². The summed E-state index contributed by atoms with van der Waals surface area (Å²) in [5.74, 6) is 1.55. The highest BCUT2D eigenvalue weighted by Crippen LogP contribution is 2.13. The van der Waals surface area contributed by atoms with Gasteiger partial charge in [-0.3, -0.25) is 0 Å². The summed E-state index contributed by atoms with van der Waals surface area (Å²) >= 11 is 0. The van der Waals surface area contributed by atoms with Crippen LogP contribution in [0.15, 0.2) is 24.3 Å². The summed E-state index contributed by atoms with van der Waals surface area (Å²) < 4.78 is 10.9. The van der Waals surface area contributed by atoms with Gasteiger partial charge in [-0.05, 0) is 36.6 Å². The Hall–Kier alpha value is -1.26. The molecule has 0 saturated heterocycles. The van der Waals surface area contributed by atoms with E-state index >= 15 is 0 Å². The maximum Gasteiger partial charge on any atom is 0.119 e. The van der Waals surface area contributed by atoms with Crippen LogP contribution in [0.4, 0.5) is 5.69 Å². The Labute approximate surface area is 122 Å². The van der Waals surface area contributed by atoms with Crippen molar-refractivity contribution in [3.05, 3.63) is 24.3 Å². The van der Waals surface area contributed by atoms with E-state index < -0.39 is 0 Å². The number of nitrogen functional groups attached to an aromatic ring is 1. The Morgan fingerprint density at radius 1 is 1.10 bits per heavy atom. The molecule has 4 heteroatoms. The quantitative estimate of drug-likeness (QED) is 0.529. The zero-order valence-corrected chi connectivity index (χ0v) is 13.0. The zero-order valence-electron chi connectivity index (χ0n) is 13.0. The molecule has 0 radical (unpaired) electrons. The van der Waals surface area contributed by atoms with Gasteiger partial charge in [0.05, 0.1) is 13.2 Å². The van der Waals surface area contributed by atoms with Crippen LogP contribution in [0.25, 0.3) is 0 Å². The minimum absolute atomic E-state index is 0.671. The number of nitrogens with zero attached hydrogens (tertiary/aromatic N) is 1. The number of methoxy groups -OCH3 is 1. The third kappa shape index (κ3) is 7.36. The number of rotatable bonds is 10. The molecule has 0 atom stereocenters. The lowest BCUT2D eigenvalue weighted by atomic mass is 10.2. The first-order valence-electron chi connectivity index (χ1n) is 7.31. The Morgan fingerprint density at radius 2 is 1.80 bits per heavy atom. The Balaban J connectivity index is 2.23. The maximum atomic E-state index is 5.71. The molecule has 0 aromatic heterocycles. The predicted octanol–water partition coefficient (Wildman–Crippen LogP) is 2.64. The van der Waals surface area contributed by atoms with Gasteiger partial charge in [0.15, 0.2) is 0 Å². The molecule has 114 valence electrons. The van der Waals surface area contributed by atoms with Crippen molar-refractivity contribution in [1.29, 1.82) is 0 Å². The molecule has 0 fully saturated rings. The van der Waals surface area contributed by atoms with Gasteiger partial charge in [-0.2, -0.15) is 0 Å². The molecule has 20 heavy (non-hydrogen) atoms. The summed E-state index contributed by atoms with van der Waals surface area (Å²) in [6.45, 7) is 9.12. The molecular formula is C16H28N2O2. The molecule has 0 aliphatic carbocycles. The van der Waals surface area contributed by atoms with Crippen molar-refractivity contribution < 1.29 is 9.47 Å². The molecule has 1 aromatic carbocycles. The van der Waals surface area contributed by atoms with Crippen LogP contribution in [0, 0.1) is 5.92 Å². The molecule has 0 spiro atoms. The fourth-order valence-corrected chi connectivity index (χ4v) is 2.07. The van der Waals surface area contributed by atoms with Crippen molar-refractivity contribution in [2.45, 2.75) is 20.3 Å². The topological polar surface area (TPSA) is 47.7 Å². The second-order valence-corrected chi connectivity index (χ2v) is 5.46. The lowest BCUT2D eigenvalue weighted by Gasteiger charge is -2.23. The first-order valence-corrected chi connectivity index (χ1v) is 7.31. The molecule has 0 amide bonds. The molecule has 2 N–H and O–H groups in total. The Morgan fingerprint density at radius 3 is 2.40 bits per heavy atom. The van der Waals surface area contributed by atoms with Gasteiger partial charge in [0, 0.05) is 32.4 Å². The summed E-state index contributed by atoms with van der Waals surface area (Å²) in [7, 11) is 1.75. The summed E-state index contributed by atoms with van der Waals surface area (Å²) in [5.41, 5.74) is 6.40. The lowest BCUT2D eigenvalue weighted by Crippen LogP contribution is -2.32. The van der Waals surface area contributed by atoms with Crippen molar-refractivity contribution in [2.75, 3.05) is 45.7 Å². The number of benzene rings is 1. The van der Waals surface area contributed by atoms with Gasteiger partial charge in [0.2, 0.25) is 0 Å². The third-order valence-electron chi connectivity index (χ3n) is 3.00. The van der Waals surface area contributed by atoms with Crippen LogP contribution in [0.5, 0.6) is 5.75 Å². The molecule has 0 aliphatic heterocycles. The minimum Gasteiger partial charge on any atom is -0.494 e. The van der Waals surface area contributed by atoms with E-state index in [1.54, 1.807) is 7.11 Å². The predicted molar refractivity (Wildman–Crippen MR) is 84.1 cm³/mol. The highest BCUT2D eigenvalue weighted by Gasteiger charge is 2.06. The van der Waals surface area contributed by atoms with Crippen LogP contribution in [-0.2, 0) is 4.74 Å². The summed E-state index contributed by atoms with van der Waals surface area (Å²) in [5, 5.41) is 0. The van der Waals surface area contributed by atoms with Crippen LogP contribution in [0.1, 0.15) is 20.3 Å². The SMILES string of the molecule is COCCN(CCCOc1ccc(N)cc1)CC(C)C. The van der Waals surface area contributed by atoms with E-state index in [-0.39, 0.29) is 0 Å². The molecule has 0 saturated carbocycles. The number of ether oxygens (including phenoxy) is 2. The lowest BCUT2D eigenvalue weighted by molar-refractivity contribution is 0.135. The molecule has 0 heterocycles. The Bertz CT molecular complexity index is 352. The molecule has 4 nitrogen and oxygen atoms in total. The number of nitrogens with two attached hydrogens (primary N) is 1. The van der Waals surface area contributed by atoms with E-state index in [9.17, 15) is 0 Å². The van der Waals surface area contributed by atoms with Crippen LogP contribution >= 0.6 is 0 Å². The zero-order chi connectivity index (χ0) is 14.8. The van der Waals surface area contributed by atoms with Gasteiger partial charge in [0.1, 0.15) is 5.75 Å². The highest BCUT2D eigenvalue weighted by molar-refractivity contribution is 5.41. The number of hydrogen-bond donors (Lipinski definition) is 1. The van der Waals surface area contributed by atoms with Crippen molar-refractivity contribution in [2.24, 2.45) is 5.92 Å². The first kappa shape index (κ1) is 16.8. The van der Waals surface area contributed by atoms with Crippen molar-refractivity contribution >= 4 is 5.69 Å². The summed E-state index contributed by atoms with van der Waals surface area (Å²) in [4.78, 5) is 2.43. The highest BCUT2D eigenvalue weighted by atomic mass is 16.5. The van der Waals surface area contributed by atoms with Gasteiger partial charge < -0.3 is 20.1 Å². The van der Waals surface area contributed by atoms with E-state index in [0.29, 0.717) is 5.92 Å². The van der Waals surface area contributed by atoms with Gasteiger partial charge in [-0.25, -0.2) is 0 Å². The first-order chi connectivity index (χ1) is 9.61.